The molecule has 1 aliphatic rings. The molecule has 1 amide bonds. The molecule has 1 heterocycles. The lowest BCUT2D eigenvalue weighted by molar-refractivity contribution is 0.0910. The molecule has 3 rings (SSSR count). The summed E-state index contributed by atoms with van der Waals surface area (Å²) in [6.45, 7) is 2.23. The third-order valence-corrected chi connectivity index (χ3v) is 4.33. The molecular weight excluding hydrogens is 262 g/mol. The van der Waals surface area contributed by atoms with Gasteiger partial charge < -0.3 is 5.32 Å². The van der Waals surface area contributed by atoms with E-state index in [1.807, 2.05) is 36.5 Å². The highest BCUT2D eigenvalue weighted by atomic mass is 16.1. The fraction of sp³-hybridized carbons (Fsp3) is 0.412. The molecular formula is C17H21N3O. The summed E-state index contributed by atoms with van der Waals surface area (Å²) in [5.74, 6) is 0.604. The maximum atomic E-state index is 12.3. The fourth-order valence-corrected chi connectivity index (χ4v) is 2.97. The first-order valence-corrected chi connectivity index (χ1v) is 7.65. The summed E-state index contributed by atoms with van der Waals surface area (Å²) < 4.78 is 1.78. The molecule has 1 saturated carbocycles. The number of carbonyl (C=O) groups excluding carboxylic acids is 1. The second-order valence-corrected chi connectivity index (χ2v) is 5.84. The Balaban J connectivity index is 1.67. The van der Waals surface area contributed by atoms with Gasteiger partial charge in [0.25, 0.3) is 5.91 Å². The summed E-state index contributed by atoms with van der Waals surface area (Å²) in [6, 6.07) is 9.76. The third-order valence-electron chi connectivity index (χ3n) is 4.33. The Labute approximate surface area is 125 Å². The minimum Gasteiger partial charge on any atom is -0.349 e. The SMILES string of the molecule is CC1CCCCC1NC(=O)c1ccc(-n2cccn2)cc1. The van der Waals surface area contributed by atoms with Crippen LogP contribution in [-0.4, -0.2) is 21.7 Å². The van der Waals surface area contributed by atoms with Crippen LogP contribution in [0.25, 0.3) is 5.69 Å². The number of nitrogens with one attached hydrogen (secondary N) is 1. The summed E-state index contributed by atoms with van der Waals surface area (Å²) in [5, 5.41) is 7.36. The van der Waals surface area contributed by atoms with Crippen molar-refractivity contribution in [2.75, 3.05) is 0 Å². The van der Waals surface area contributed by atoms with Crippen LogP contribution in [0.2, 0.25) is 0 Å². The van der Waals surface area contributed by atoms with Gasteiger partial charge in [-0.05, 0) is 49.1 Å². The third kappa shape index (κ3) is 3.15. The highest BCUT2D eigenvalue weighted by Crippen LogP contribution is 2.24. The summed E-state index contributed by atoms with van der Waals surface area (Å²) in [7, 11) is 0. The van der Waals surface area contributed by atoms with E-state index in [4.69, 9.17) is 0 Å². The van der Waals surface area contributed by atoms with E-state index in [0.717, 1.165) is 12.1 Å². The first-order valence-electron chi connectivity index (χ1n) is 7.65. The lowest BCUT2D eigenvalue weighted by Crippen LogP contribution is -2.41. The van der Waals surface area contributed by atoms with Gasteiger partial charge in [0.1, 0.15) is 0 Å². The van der Waals surface area contributed by atoms with Crippen LogP contribution in [0.3, 0.4) is 0 Å². The van der Waals surface area contributed by atoms with Gasteiger partial charge in [-0.1, -0.05) is 19.8 Å². The largest absolute Gasteiger partial charge is 0.349 e. The van der Waals surface area contributed by atoms with Crippen LogP contribution in [0.1, 0.15) is 43.0 Å². The molecule has 1 fully saturated rings. The Hall–Kier alpha value is -2.10. The number of nitrogens with zero attached hydrogens (tertiary/aromatic N) is 2. The van der Waals surface area contributed by atoms with E-state index in [-0.39, 0.29) is 5.91 Å². The quantitative estimate of drug-likeness (QED) is 0.940. The second kappa shape index (κ2) is 6.12. The predicted molar refractivity (Wildman–Crippen MR) is 82.5 cm³/mol. The van der Waals surface area contributed by atoms with Gasteiger partial charge in [-0.3, -0.25) is 4.79 Å². The van der Waals surface area contributed by atoms with Gasteiger partial charge in [0.15, 0.2) is 0 Å². The molecule has 110 valence electrons. The topological polar surface area (TPSA) is 46.9 Å². The number of rotatable bonds is 3. The maximum Gasteiger partial charge on any atom is 0.251 e. The van der Waals surface area contributed by atoms with Gasteiger partial charge in [0.2, 0.25) is 0 Å². The van der Waals surface area contributed by atoms with E-state index in [9.17, 15) is 4.79 Å². The molecule has 1 N–H and O–H groups in total. The average molecular weight is 283 g/mol. The number of aromatic nitrogens is 2. The summed E-state index contributed by atoms with van der Waals surface area (Å²) in [5.41, 5.74) is 1.67. The zero-order valence-electron chi connectivity index (χ0n) is 12.3. The molecule has 0 radical (unpaired) electrons. The summed E-state index contributed by atoms with van der Waals surface area (Å²) in [4.78, 5) is 12.3. The highest BCUT2D eigenvalue weighted by Gasteiger charge is 2.23. The van der Waals surface area contributed by atoms with E-state index in [0.29, 0.717) is 17.5 Å². The molecule has 4 nitrogen and oxygen atoms in total. The van der Waals surface area contributed by atoms with Crippen molar-refractivity contribution < 1.29 is 4.79 Å². The molecule has 4 heteroatoms. The van der Waals surface area contributed by atoms with Gasteiger partial charge in [0.05, 0.1) is 5.69 Å². The predicted octanol–water partition coefficient (Wildman–Crippen LogP) is 3.18. The molecule has 0 saturated heterocycles. The van der Waals surface area contributed by atoms with Crippen LogP contribution < -0.4 is 5.32 Å². The molecule has 2 atom stereocenters. The smallest absolute Gasteiger partial charge is 0.251 e. The molecule has 0 aliphatic heterocycles. The number of amides is 1. The highest BCUT2D eigenvalue weighted by molar-refractivity contribution is 5.94. The summed E-state index contributed by atoms with van der Waals surface area (Å²) >= 11 is 0. The lowest BCUT2D eigenvalue weighted by Gasteiger charge is -2.29. The van der Waals surface area contributed by atoms with E-state index >= 15 is 0 Å². The number of benzene rings is 1. The van der Waals surface area contributed by atoms with Crippen molar-refractivity contribution in [1.82, 2.24) is 15.1 Å². The Morgan fingerprint density at radius 2 is 2.00 bits per heavy atom. The van der Waals surface area contributed by atoms with Crippen molar-refractivity contribution >= 4 is 5.91 Å². The van der Waals surface area contributed by atoms with Crippen molar-refractivity contribution in [2.24, 2.45) is 5.92 Å². The molecule has 1 aliphatic carbocycles. The first kappa shape index (κ1) is 13.9. The minimum atomic E-state index is 0.0285. The van der Waals surface area contributed by atoms with Crippen LogP contribution in [0.15, 0.2) is 42.7 Å². The lowest BCUT2D eigenvalue weighted by atomic mass is 9.86. The molecule has 0 bridgehead atoms. The van der Waals surface area contributed by atoms with E-state index in [2.05, 4.69) is 17.3 Å². The first-order chi connectivity index (χ1) is 10.2. The van der Waals surface area contributed by atoms with Crippen LogP contribution in [0, 0.1) is 5.92 Å². The van der Waals surface area contributed by atoms with Crippen molar-refractivity contribution in [3.05, 3.63) is 48.3 Å². The van der Waals surface area contributed by atoms with Crippen LogP contribution >= 0.6 is 0 Å². The van der Waals surface area contributed by atoms with Crippen molar-refractivity contribution in [2.45, 2.75) is 38.6 Å². The Morgan fingerprint density at radius 3 is 2.67 bits per heavy atom. The van der Waals surface area contributed by atoms with Crippen molar-refractivity contribution in [1.29, 1.82) is 0 Å². The molecule has 0 spiro atoms. The number of carbonyl (C=O) groups is 1. The van der Waals surface area contributed by atoms with Crippen molar-refractivity contribution in [3.63, 3.8) is 0 Å². The van der Waals surface area contributed by atoms with Gasteiger partial charge in [-0.2, -0.15) is 5.10 Å². The van der Waals surface area contributed by atoms with Crippen LogP contribution in [0.4, 0.5) is 0 Å². The van der Waals surface area contributed by atoms with Crippen LogP contribution in [-0.2, 0) is 0 Å². The van der Waals surface area contributed by atoms with Crippen LogP contribution in [0.5, 0.6) is 0 Å². The fourth-order valence-electron chi connectivity index (χ4n) is 2.97. The van der Waals surface area contributed by atoms with E-state index in [1.165, 1.54) is 19.3 Å². The maximum absolute atomic E-state index is 12.3. The Bertz CT molecular complexity index is 589. The molecule has 2 unspecified atom stereocenters. The van der Waals surface area contributed by atoms with E-state index in [1.54, 1.807) is 10.9 Å². The Kier molecular flexibility index (Phi) is 4.04. The van der Waals surface area contributed by atoms with E-state index < -0.39 is 0 Å². The zero-order valence-corrected chi connectivity index (χ0v) is 12.3. The van der Waals surface area contributed by atoms with Gasteiger partial charge >= 0.3 is 0 Å². The number of hydrogen-bond donors (Lipinski definition) is 1. The minimum absolute atomic E-state index is 0.0285. The molecule has 1 aromatic heterocycles. The van der Waals surface area contributed by atoms with Gasteiger partial charge in [0, 0.05) is 24.0 Å². The monoisotopic (exact) mass is 283 g/mol. The summed E-state index contributed by atoms with van der Waals surface area (Å²) in [6.07, 6.45) is 8.44. The zero-order chi connectivity index (χ0) is 14.7. The molecule has 2 aromatic rings. The Morgan fingerprint density at radius 1 is 1.24 bits per heavy atom. The second-order valence-electron chi connectivity index (χ2n) is 5.84. The molecule has 21 heavy (non-hydrogen) atoms. The average Bonchev–Trinajstić information content (AvgIpc) is 3.04. The van der Waals surface area contributed by atoms with Gasteiger partial charge in [-0.15, -0.1) is 0 Å². The normalized spacial score (nSPS) is 22.0. The van der Waals surface area contributed by atoms with Gasteiger partial charge in [-0.25, -0.2) is 4.68 Å². The van der Waals surface area contributed by atoms with Crippen molar-refractivity contribution in [3.8, 4) is 5.69 Å². The number of hydrogen-bond acceptors (Lipinski definition) is 2. The molecule has 1 aromatic carbocycles. The standard InChI is InChI=1S/C17H21N3O/c1-13-5-2-3-6-16(13)19-17(21)14-7-9-15(10-8-14)20-12-4-11-18-20/h4,7-13,16H,2-3,5-6H2,1H3,(H,19,21).